The van der Waals surface area contributed by atoms with Crippen LogP contribution >= 0.6 is 11.3 Å². The van der Waals surface area contributed by atoms with Gasteiger partial charge in [0, 0.05) is 55.5 Å². The average molecular weight is 627 g/mol. The lowest BCUT2D eigenvalue weighted by Crippen LogP contribution is -2.67. The van der Waals surface area contributed by atoms with Gasteiger partial charge in [0.2, 0.25) is 10.9 Å². The predicted molar refractivity (Wildman–Crippen MR) is 162 cm³/mol. The molecule has 0 aliphatic carbocycles. The zero-order valence-electron chi connectivity index (χ0n) is 24.0. The number of nitrogens with one attached hydrogen (secondary N) is 3. The van der Waals surface area contributed by atoms with Crippen molar-refractivity contribution in [3.8, 4) is 0 Å². The second-order valence-electron chi connectivity index (χ2n) is 11.4. The van der Waals surface area contributed by atoms with Gasteiger partial charge in [0.05, 0.1) is 24.9 Å². The lowest BCUT2D eigenvalue weighted by molar-refractivity contribution is -0.727. The molecule has 3 aliphatic heterocycles. The SMILES string of the molecule is CC1Cc2nc(C(=O)[N+]3(S(=O)(=O)c4ccc5cc(C(=N)N)ccc5c4)CCNC(CC(=O)N4CCOCC4)C3)sc2CN1. The van der Waals surface area contributed by atoms with E-state index in [0.717, 1.165) is 16.0 Å². The van der Waals surface area contributed by atoms with E-state index < -0.39 is 25.9 Å². The summed E-state index contributed by atoms with van der Waals surface area (Å²) in [5.74, 6) is -0.741. The Morgan fingerprint density at radius 1 is 1.16 bits per heavy atom. The molecule has 0 bridgehead atoms. The second-order valence-corrected chi connectivity index (χ2v) is 14.6. The van der Waals surface area contributed by atoms with Crippen LogP contribution in [0.4, 0.5) is 0 Å². The Hall–Kier alpha value is -3.27. The smallest absolute Gasteiger partial charge is 0.384 e. The molecule has 1 aromatic heterocycles. The van der Waals surface area contributed by atoms with Crippen molar-refractivity contribution in [2.24, 2.45) is 5.73 Å². The molecule has 14 heteroatoms. The Balaban J connectivity index is 1.39. The Bertz CT molecular complexity index is 1700. The first kappa shape index (κ1) is 29.8. The largest absolute Gasteiger partial charge is 0.390 e. The summed E-state index contributed by atoms with van der Waals surface area (Å²) in [5, 5.41) is 16.0. The number of benzene rings is 2. The molecule has 6 rings (SSSR count). The molecule has 2 amide bonds. The summed E-state index contributed by atoms with van der Waals surface area (Å²) in [7, 11) is -4.31. The van der Waals surface area contributed by atoms with Gasteiger partial charge in [-0.3, -0.25) is 10.2 Å². The molecule has 5 N–H and O–H groups in total. The third-order valence-electron chi connectivity index (χ3n) is 8.53. The van der Waals surface area contributed by atoms with Crippen LogP contribution in [0.5, 0.6) is 0 Å². The number of hydrogen-bond donors (Lipinski definition) is 4. The van der Waals surface area contributed by atoms with Crippen LogP contribution in [0.15, 0.2) is 41.3 Å². The summed E-state index contributed by atoms with van der Waals surface area (Å²) < 4.78 is 33.9. The number of nitrogen functional groups attached to an aromatic ring is 1. The number of aromatic nitrogens is 1. The number of piperazine rings is 1. The van der Waals surface area contributed by atoms with Crippen molar-refractivity contribution in [3.63, 3.8) is 0 Å². The zero-order valence-corrected chi connectivity index (χ0v) is 25.6. The van der Waals surface area contributed by atoms with Crippen LogP contribution in [-0.2, 0) is 32.5 Å². The van der Waals surface area contributed by atoms with Crippen molar-refractivity contribution in [3.05, 3.63) is 57.5 Å². The van der Waals surface area contributed by atoms with Crippen LogP contribution in [0, 0.1) is 5.41 Å². The van der Waals surface area contributed by atoms with Crippen LogP contribution in [-0.4, -0.2) is 97.9 Å². The van der Waals surface area contributed by atoms with Crippen LogP contribution in [0.3, 0.4) is 0 Å². The first-order valence-corrected chi connectivity index (χ1v) is 16.7. The first-order valence-electron chi connectivity index (χ1n) is 14.4. The lowest BCUT2D eigenvalue weighted by Gasteiger charge is -2.40. The minimum atomic E-state index is -4.31. The summed E-state index contributed by atoms with van der Waals surface area (Å²) in [5.41, 5.74) is 7.01. The summed E-state index contributed by atoms with van der Waals surface area (Å²) >= 11 is 1.25. The highest BCUT2D eigenvalue weighted by Crippen LogP contribution is 2.34. The van der Waals surface area contributed by atoms with E-state index in [1.54, 1.807) is 35.2 Å². The highest BCUT2D eigenvalue weighted by molar-refractivity contribution is 7.86. The molecule has 2 aromatic carbocycles. The van der Waals surface area contributed by atoms with Crippen LogP contribution < -0.4 is 16.4 Å². The number of amides is 2. The van der Waals surface area contributed by atoms with Gasteiger partial charge in [-0.15, -0.1) is 15.2 Å². The fraction of sp³-hybridized carbons (Fsp3) is 0.448. The maximum Gasteiger partial charge on any atom is 0.390 e. The normalized spacial score (nSPS) is 24.4. The molecule has 2 saturated heterocycles. The van der Waals surface area contributed by atoms with Crippen molar-refractivity contribution in [2.75, 3.05) is 45.9 Å². The van der Waals surface area contributed by atoms with Gasteiger partial charge in [0.1, 0.15) is 23.8 Å². The van der Waals surface area contributed by atoms with E-state index in [1.807, 2.05) is 6.92 Å². The zero-order chi connectivity index (χ0) is 30.4. The number of ether oxygens (including phenoxy) is 1. The van der Waals surface area contributed by atoms with Crippen LogP contribution in [0.25, 0.3) is 10.8 Å². The molecule has 3 aromatic rings. The van der Waals surface area contributed by atoms with Gasteiger partial charge in [0.25, 0.3) is 0 Å². The standard InChI is InChI=1S/C29H36N7O5S2/c1-18-12-24-25(16-33-18)42-28(34-24)29(38)36(9-6-32-22(17-36)15-26(37)35-7-10-41-11-8-35)43(39,40)23-5-4-19-13-21(27(30)31)3-2-20(19)14-23/h2-5,13-14,18,22,32-33H,6-12,15-17H2,1H3,(H3,30,31)/q+1. The average Bonchev–Trinajstić information content (AvgIpc) is 3.43. The molecular formula is C29H36N7O5S2+. The molecule has 0 radical (unpaired) electrons. The number of carbonyl (C=O) groups is 2. The number of nitrogens with zero attached hydrogens (tertiary/aromatic N) is 3. The predicted octanol–water partition coefficient (Wildman–Crippen LogP) is 1.18. The quantitative estimate of drug-likeness (QED) is 0.178. The van der Waals surface area contributed by atoms with E-state index in [9.17, 15) is 18.0 Å². The van der Waals surface area contributed by atoms with Crippen molar-refractivity contribution < 1.29 is 26.6 Å². The molecule has 43 heavy (non-hydrogen) atoms. The topological polar surface area (TPSA) is 168 Å². The Morgan fingerprint density at radius 2 is 1.91 bits per heavy atom. The summed E-state index contributed by atoms with van der Waals surface area (Å²) in [6.45, 7) is 4.69. The van der Waals surface area contributed by atoms with Crippen molar-refractivity contribution >= 4 is 49.8 Å². The number of fused-ring (bicyclic) bond motifs is 2. The minimum Gasteiger partial charge on any atom is -0.384 e. The molecule has 2 fully saturated rings. The molecule has 3 aliphatic rings. The van der Waals surface area contributed by atoms with Crippen LogP contribution in [0.1, 0.15) is 39.3 Å². The van der Waals surface area contributed by atoms with E-state index in [4.69, 9.17) is 15.9 Å². The Kier molecular flexibility index (Phi) is 8.08. The van der Waals surface area contributed by atoms with E-state index >= 15 is 0 Å². The Morgan fingerprint density at radius 3 is 2.67 bits per heavy atom. The highest BCUT2D eigenvalue weighted by Gasteiger charge is 2.55. The number of morpholine rings is 1. The maximum absolute atomic E-state index is 14.7. The number of quaternary nitrogens is 1. The molecule has 4 heterocycles. The number of hydrogen-bond acceptors (Lipinski definition) is 10. The first-order chi connectivity index (χ1) is 20.6. The minimum absolute atomic E-state index is 0.00359. The number of amidine groups is 1. The molecule has 228 valence electrons. The highest BCUT2D eigenvalue weighted by atomic mass is 32.2. The van der Waals surface area contributed by atoms with Crippen molar-refractivity contribution in [1.82, 2.24) is 20.5 Å². The van der Waals surface area contributed by atoms with Gasteiger partial charge in [-0.2, -0.15) is 8.42 Å². The Labute approximate surface area is 254 Å². The number of sulfonamides is 1. The van der Waals surface area contributed by atoms with E-state index in [0.29, 0.717) is 50.2 Å². The molecular weight excluding hydrogens is 590 g/mol. The van der Waals surface area contributed by atoms with E-state index in [2.05, 4.69) is 15.6 Å². The van der Waals surface area contributed by atoms with Crippen molar-refractivity contribution in [2.45, 2.75) is 43.3 Å². The summed E-state index contributed by atoms with van der Waals surface area (Å²) in [4.78, 5) is 35.0. The van der Waals surface area contributed by atoms with Gasteiger partial charge in [0.15, 0.2) is 0 Å². The lowest BCUT2D eigenvalue weighted by atomic mass is 10.1. The third kappa shape index (κ3) is 5.58. The van der Waals surface area contributed by atoms with E-state index in [-0.39, 0.29) is 53.7 Å². The maximum atomic E-state index is 14.7. The number of thiazole rings is 1. The van der Waals surface area contributed by atoms with Crippen LogP contribution in [0.2, 0.25) is 0 Å². The number of carbonyl (C=O) groups excluding carboxylic acids is 2. The molecule has 12 nitrogen and oxygen atoms in total. The summed E-state index contributed by atoms with van der Waals surface area (Å²) in [6, 6.07) is 9.55. The third-order valence-corrected chi connectivity index (χ3v) is 11.9. The number of nitrogens with two attached hydrogens (primary N) is 1. The fourth-order valence-electron chi connectivity index (χ4n) is 6.09. The monoisotopic (exact) mass is 626 g/mol. The van der Waals surface area contributed by atoms with Crippen molar-refractivity contribution in [1.29, 1.82) is 5.41 Å². The van der Waals surface area contributed by atoms with E-state index in [1.165, 1.54) is 17.4 Å². The van der Waals surface area contributed by atoms with Gasteiger partial charge in [-0.1, -0.05) is 18.2 Å². The van der Waals surface area contributed by atoms with Gasteiger partial charge < -0.3 is 26.0 Å². The molecule has 3 atom stereocenters. The van der Waals surface area contributed by atoms with Gasteiger partial charge >= 0.3 is 15.9 Å². The summed E-state index contributed by atoms with van der Waals surface area (Å²) in [6.07, 6.45) is 0.737. The second kappa shape index (κ2) is 11.7. The number of rotatable bonds is 6. The van der Waals surface area contributed by atoms with Gasteiger partial charge in [-0.25, -0.2) is 9.78 Å². The molecule has 0 spiro atoms. The molecule has 3 unspecified atom stereocenters. The van der Waals surface area contributed by atoms with Gasteiger partial charge in [-0.05, 0) is 35.9 Å². The fourth-order valence-corrected chi connectivity index (χ4v) is 9.14. The molecule has 0 saturated carbocycles.